The van der Waals surface area contributed by atoms with Gasteiger partial charge in [-0.2, -0.15) is 0 Å². The van der Waals surface area contributed by atoms with Gasteiger partial charge in [0.15, 0.2) is 0 Å². The van der Waals surface area contributed by atoms with E-state index in [-0.39, 0.29) is 0 Å². The van der Waals surface area contributed by atoms with Crippen LogP contribution in [0.3, 0.4) is 0 Å². The topological polar surface area (TPSA) is 50.8 Å². The van der Waals surface area contributed by atoms with E-state index in [0.29, 0.717) is 5.84 Å². The summed E-state index contributed by atoms with van der Waals surface area (Å²) in [4.78, 5) is 6.25. The number of rotatable bonds is 6. The molecule has 0 spiro atoms. The number of likely N-dealkylation sites (N-methyl/N-ethyl adjacent to an activating group) is 1. The van der Waals surface area contributed by atoms with Crippen molar-refractivity contribution >= 4 is 5.84 Å². The first-order valence-corrected chi connectivity index (χ1v) is 4.11. The van der Waals surface area contributed by atoms with E-state index in [2.05, 4.69) is 9.89 Å². The number of hydrogen-bond acceptors (Lipinski definition) is 3. The highest BCUT2D eigenvalue weighted by molar-refractivity contribution is 5.77. The zero-order chi connectivity index (χ0) is 9.40. The molecule has 0 aliphatic heterocycles. The summed E-state index contributed by atoms with van der Waals surface area (Å²) in [6.45, 7) is 5.20. The van der Waals surface area contributed by atoms with Crippen LogP contribution in [0.5, 0.6) is 0 Å². The lowest BCUT2D eigenvalue weighted by atomic mass is 10.5. The second-order valence-corrected chi connectivity index (χ2v) is 2.82. The molecule has 0 unspecified atom stereocenters. The molecule has 0 rings (SSSR count). The Balaban J connectivity index is 3.31. The minimum Gasteiger partial charge on any atom is -0.388 e. The van der Waals surface area contributed by atoms with Crippen LogP contribution in [0.25, 0.3) is 0 Å². The van der Waals surface area contributed by atoms with Gasteiger partial charge in [0.05, 0.1) is 19.0 Å². The molecule has 0 fully saturated rings. The summed E-state index contributed by atoms with van der Waals surface area (Å²) in [5.74, 6) is 0.648. The predicted molar refractivity (Wildman–Crippen MR) is 51.5 cm³/mol. The van der Waals surface area contributed by atoms with Crippen molar-refractivity contribution in [2.45, 2.75) is 6.92 Å². The molecule has 0 aliphatic rings. The lowest BCUT2D eigenvalue weighted by Crippen LogP contribution is -2.26. The van der Waals surface area contributed by atoms with Crippen LogP contribution in [0.2, 0.25) is 0 Å². The maximum atomic E-state index is 5.39. The second-order valence-electron chi connectivity index (χ2n) is 2.82. The molecule has 0 bridgehead atoms. The summed E-state index contributed by atoms with van der Waals surface area (Å²) in [5, 5.41) is 0. The Hall–Kier alpha value is -0.610. The summed E-state index contributed by atoms with van der Waals surface area (Å²) >= 11 is 0. The van der Waals surface area contributed by atoms with Crippen LogP contribution in [-0.4, -0.2) is 51.1 Å². The van der Waals surface area contributed by atoms with E-state index >= 15 is 0 Å². The molecule has 0 aromatic carbocycles. The van der Waals surface area contributed by atoms with Gasteiger partial charge in [-0.25, -0.2) is 0 Å². The lowest BCUT2D eigenvalue weighted by Gasteiger charge is -2.13. The minimum absolute atomic E-state index is 0.648. The first-order chi connectivity index (χ1) is 5.66. The molecule has 0 atom stereocenters. The highest BCUT2D eigenvalue weighted by Gasteiger charge is 1.95. The van der Waals surface area contributed by atoms with Gasteiger partial charge in [0.25, 0.3) is 0 Å². The Bertz CT molecular complexity index is 132. The van der Waals surface area contributed by atoms with Crippen LogP contribution in [0, 0.1) is 0 Å². The van der Waals surface area contributed by atoms with E-state index in [4.69, 9.17) is 10.5 Å². The molecule has 12 heavy (non-hydrogen) atoms. The third-order valence-electron chi connectivity index (χ3n) is 1.52. The third-order valence-corrected chi connectivity index (χ3v) is 1.52. The number of nitrogens with zero attached hydrogens (tertiary/aromatic N) is 2. The van der Waals surface area contributed by atoms with Gasteiger partial charge < -0.3 is 15.4 Å². The van der Waals surface area contributed by atoms with E-state index < -0.39 is 0 Å². The molecule has 0 aliphatic carbocycles. The molecule has 4 heteroatoms. The van der Waals surface area contributed by atoms with E-state index in [0.717, 1.165) is 26.2 Å². The standard InChI is InChI=1S/C8H19N3O/c1-8(9)10-4-5-11(2)6-7-12-3/h4-7H2,1-3H3,(H2,9,10). The number of amidine groups is 1. The summed E-state index contributed by atoms with van der Waals surface area (Å²) < 4.78 is 4.94. The summed E-state index contributed by atoms with van der Waals surface area (Å²) in [7, 11) is 3.75. The maximum absolute atomic E-state index is 5.39. The Morgan fingerprint density at radius 2 is 2.17 bits per heavy atom. The van der Waals surface area contributed by atoms with Crippen molar-refractivity contribution in [3.8, 4) is 0 Å². The van der Waals surface area contributed by atoms with Gasteiger partial charge in [-0.3, -0.25) is 4.99 Å². The normalized spacial score (nSPS) is 12.5. The SMILES string of the molecule is COCCN(C)CCN=C(C)N. The smallest absolute Gasteiger partial charge is 0.0906 e. The van der Waals surface area contributed by atoms with E-state index in [1.165, 1.54) is 0 Å². The Kier molecular flexibility index (Phi) is 6.70. The lowest BCUT2D eigenvalue weighted by molar-refractivity contribution is 0.163. The Morgan fingerprint density at radius 1 is 1.50 bits per heavy atom. The largest absolute Gasteiger partial charge is 0.388 e. The van der Waals surface area contributed by atoms with Gasteiger partial charge in [0.1, 0.15) is 0 Å². The number of methoxy groups -OCH3 is 1. The van der Waals surface area contributed by atoms with E-state index in [9.17, 15) is 0 Å². The van der Waals surface area contributed by atoms with Crippen molar-refractivity contribution in [3.63, 3.8) is 0 Å². The molecule has 72 valence electrons. The summed E-state index contributed by atoms with van der Waals surface area (Å²) in [6, 6.07) is 0. The van der Waals surface area contributed by atoms with Crippen LogP contribution < -0.4 is 5.73 Å². The van der Waals surface area contributed by atoms with Gasteiger partial charge in [-0.15, -0.1) is 0 Å². The third kappa shape index (κ3) is 7.50. The fourth-order valence-corrected chi connectivity index (χ4v) is 0.756. The Morgan fingerprint density at radius 3 is 2.67 bits per heavy atom. The average Bonchev–Trinajstić information content (AvgIpc) is 2.00. The monoisotopic (exact) mass is 173 g/mol. The zero-order valence-corrected chi connectivity index (χ0v) is 8.21. The molecule has 0 saturated carbocycles. The zero-order valence-electron chi connectivity index (χ0n) is 8.21. The van der Waals surface area contributed by atoms with Crippen molar-refractivity contribution in [3.05, 3.63) is 0 Å². The van der Waals surface area contributed by atoms with E-state index in [1.807, 2.05) is 7.05 Å². The average molecular weight is 173 g/mol. The number of nitrogens with two attached hydrogens (primary N) is 1. The molecule has 2 N–H and O–H groups in total. The van der Waals surface area contributed by atoms with Crippen molar-refractivity contribution in [2.75, 3.05) is 40.4 Å². The van der Waals surface area contributed by atoms with Crippen LogP contribution in [0.15, 0.2) is 4.99 Å². The molecule has 4 nitrogen and oxygen atoms in total. The van der Waals surface area contributed by atoms with Gasteiger partial charge in [-0.05, 0) is 14.0 Å². The fourth-order valence-electron chi connectivity index (χ4n) is 0.756. The van der Waals surface area contributed by atoms with E-state index in [1.54, 1.807) is 14.0 Å². The van der Waals surface area contributed by atoms with Gasteiger partial charge in [0, 0.05) is 20.2 Å². The van der Waals surface area contributed by atoms with Crippen LogP contribution in [0.1, 0.15) is 6.92 Å². The fraction of sp³-hybridized carbons (Fsp3) is 0.875. The quantitative estimate of drug-likeness (QED) is 0.452. The second kappa shape index (κ2) is 7.06. The highest BCUT2D eigenvalue weighted by Crippen LogP contribution is 1.83. The Labute approximate surface area is 74.4 Å². The molecule has 0 saturated heterocycles. The van der Waals surface area contributed by atoms with Crippen molar-refractivity contribution < 1.29 is 4.74 Å². The van der Waals surface area contributed by atoms with Gasteiger partial charge in [0.2, 0.25) is 0 Å². The number of ether oxygens (including phenoxy) is 1. The molecular formula is C8H19N3O. The van der Waals surface area contributed by atoms with Gasteiger partial charge in [-0.1, -0.05) is 0 Å². The molecule has 0 aromatic rings. The van der Waals surface area contributed by atoms with Crippen molar-refractivity contribution in [1.29, 1.82) is 0 Å². The molecular weight excluding hydrogens is 154 g/mol. The van der Waals surface area contributed by atoms with Crippen LogP contribution in [0.4, 0.5) is 0 Å². The summed E-state index contributed by atoms with van der Waals surface area (Å²) in [6.07, 6.45) is 0. The maximum Gasteiger partial charge on any atom is 0.0906 e. The molecule has 0 aromatic heterocycles. The summed E-state index contributed by atoms with van der Waals surface area (Å²) in [5.41, 5.74) is 5.39. The first-order valence-electron chi connectivity index (χ1n) is 4.11. The minimum atomic E-state index is 0.648. The van der Waals surface area contributed by atoms with Crippen LogP contribution >= 0.6 is 0 Å². The predicted octanol–water partition coefficient (Wildman–Crippen LogP) is -0.0583. The number of hydrogen-bond donors (Lipinski definition) is 1. The highest BCUT2D eigenvalue weighted by atomic mass is 16.5. The number of aliphatic imine (C=N–C) groups is 1. The van der Waals surface area contributed by atoms with Gasteiger partial charge >= 0.3 is 0 Å². The molecule has 0 heterocycles. The first kappa shape index (κ1) is 11.4. The van der Waals surface area contributed by atoms with Crippen molar-refractivity contribution in [2.24, 2.45) is 10.7 Å². The van der Waals surface area contributed by atoms with Crippen molar-refractivity contribution in [1.82, 2.24) is 4.90 Å². The van der Waals surface area contributed by atoms with Crippen LogP contribution in [-0.2, 0) is 4.74 Å². The molecule has 0 radical (unpaired) electrons. The molecule has 0 amide bonds.